The van der Waals surface area contributed by atoms with Gasteiger partial charge in [0.15, 0.2) is 5.82 Å². The lowest BCUT2D eigenvalue weighted by Gasteiger charge is -2.22. The molecule has 0 aliphatic heterocycles. The first-order valence-electron chi connectivity index (χ1n) is 17.8. The van der Waals surface area contributed by atoms with Crippen molar-refractivity contribution >= 4 is 32.2 Å². The number of aromatic nitrogens is 2. The van der Waals surface area contributed by atoms with E-state index in [-0.39, 0.29) is 5.41 Å². The maximum atomic E-state index is 5.27. The molecule has 0 spiro atoms. The normalized spacial score (nSPS) is 13.0. The number of thiophene rings is 1. The molecule has 10 rings (SSSR count). The Morgan fingerprint density at radius 1 is 0.423 bits per heavy atom. The van der Waals surface area contributed by atoms with Crippen LogP contribution in [0.3, 0.4) is 0 Å². The van der Waals surface area contributed by atoms with E-state index in [4.69, 9.17) is 9.97 Å². The molecule has 0 amide bonds. The summed E-state index contributed by atoms with van der Waals surface area (Å²) in [4.78, 5) is 11.7. The van der Waals surface area contributed by atoms with E-state index in [0.717, 1.165) is 28.1 Å². The Balaban J connectivity index is 1.13. The largest absolute Gasteiger partial charge is 0.228 e. The van der Waals surface area contributed by atoms with E-state index >= 15 is 0 Å². The molecule has 52 heavy (non-hydrogen) atoms. The molecule has 2 aromatic heterocycles. The average molecular weight is 683 g/mol. The second-order valence-corrected chi connectivity index (χ2v) is 15.3. The number of benzene rings is 7. The second kappa shape index (κ2) is 12.0. The Morgan fingerprint density at radius 2 is 1.06 bits per heavy atom. The predicted octanol–water partition coefficient (Wildman–Crippen LogP) is 13.5. The number of fused-ring (bicyclic) bond motifs is 5. The van der Waals surface area contributed by atoms with Crippen LogP contribution in [0.4, 0.5) is 0 Å². The summed E-state index contributed by atoms with van der Waals surface area (Å²) in [6.45, 7) is 4.72. The van der Waals surface area contributed by atoms with Crippen molar-refractivity contribution in [3.63, 3.8) is 0 Å². The minimum atomic E-state index is -0.121. The van der Waals surface area contributed by atoms with E-state index in [1.54, 1.807) is 0 Å². The Labute approximate surface area is 307 Å². The number of hydrogen-bond acceptors (Lipinski definition) is 3. The van der Waals surface area contributed by atoms with E-state index in [0.29, 0.717) is 5.82 Å². The van der Waals surface area contributed by atoms with Crippen LogP contribution in [0.25, 0.3) is 87.5 Å². The van der Waals surface area contributed by atoms with Gasteiger partial charge in [-0.1, -0.05) is 153 Å². The van der Waals surface area contributed by atoms with Gasteiger partial charge in [-0.2, -0.15) is 0 Å². The SMILES string of the molecule is CC1(C)c2cc3ccccc3cc2-c2c(-c3ccccc3-c3cc(-c4ccc(-c5cc6ccccc6s5)cc4)nc(-c4ccccc4)n3)cccc21. The van der Waals surface area contributed by atoms with Crippen LogP contribution >= 0.6 is 11.3 Å². The van der Waals surface area contributed by atoms with Crippen LogP contribution in [-0.2, 0) is 5.41 Å². The Morgan fingerprint density at radius 3 is 1.85 bits per heavy atom. The molecular formula is C49H34N2S. The molecule has 3 heteroatoms. The Kier molecular flexibility index (Phi) is 7.06. The molecule has 0 unspecified atom stereocenters. The lowest BCUT2D eigenvalue weighted by molar-refractivity contribution is 0.661. The fraction of sp³-hybridized carbons (Fsp3) is 0.0612. The standard InChI is InChI=1S/C49H34N2S/c1-49(2)41-21-12-20-39(47(41)40-27-34-15-6-7-16-35(34)28-42(40)49)37-18-9-10-19-38(37)44-30-43(50-48(51-44)33-13-4-3-5-14-33)31-23-25-32(26-24-31)46-29-36-17-8-11-22-45(36)52-46/h3-30H,1-2H3. The summed E-state index contributed by atoms with van der Waals surface area (Å²) in [6, 6.07) is 61.2. The highest BCUT2D eigenvalue weighted by atomic mass is 32.1. The highest BCUT2D eigenvalue weighted by Gasteiger charge is 2.37. The zero-order chi connectivity index (χ0) is 34.8. The summed E-state index contributed by atoms with van der Waals surface area (Å²) >= 11 is 1.83. The molecule has 7 aromatic carbocycles. The molecule has 0 atom stereocenters. The summed E-state index contributed by atoms with van der Waals surface area (Å²) in [6.07, 6.45) is 0. The molecule has 1 aliphatic rings. The van der Waals surface area contributed by atoms with Gasteiger partial charge in [0.2, 0.25) is 0 Å². The van der Waals surface area contributed by atoms with E-state index in [1.807, 2.05) is 17.4 Å². The molecular weight excluding hydrogens is 649 g/mol. The van der Waals surface area contributed by atoms with Crippen LogP contribution in [0.2, 0.25) is 0 Å². The third-order valence-electron chi connectivity index (χ3n) is 10.7. The average Bonchev–Trinajstić information content (AvgIpc) is 3.74. The van der Waals surface area contributed by atoms with E-state index in [1.165, 1.54) is 64.7 Å². The van der Waals surface area contributed by atoms with E-state index in [9.17, 15) is 0 Å². The van der Waals surface area contributed by atoms with Crippen LogP contribution in [-0.4, -0.2) is 9.97 Å². The first-order valence-corrected chi connectivity index (χ1v) is 18.6. The van der Waals surface area contributed by atoms with Crippen LogP contribution in [0.15, 0.2) is 170 Å². The summed E-state index contributed by atoms with van der Waals surface area (Å²) in [5.74, 6) is 0.715. The first kappa shape index (κ1) is 30.6. The van der Waals surface area contributed by atoms with Crippen LogP contribution in [0, 0.1) is 0 Å². The monoisotopic (exact) mass is 682 g/mol. The maximum absolute atomic E-state index is 5.27. The smallest absolute Gasteiger partial charge is 0.160 e. The minimum Gasteiger partial charge on any atom is -0.228 e. The van der Waals surface area contributed by atoms with Gasteiger partial charge in [0.1, 0.15) is 0 Å². The van der Waals surface area contributed by atoms with Crippen molar-refractivity contribution in [1.29, 1.82) is 0 Å². The van der Waals surface area contributed by atoms with Gasteiger partial charge in [-0.3, -0.25) is 0 Å². The topological polar surface area (TPSA) is 25.8 Å². The third kappa shape index (κ3) is 5.00. The van der Waals surface area contributed by atoms with Crippen molar-refractivity contribution in [1.82, 2.24) is 9.97 Å². The van der Waals surface area contributed by atoms with Crippen molar-refractivity contribution in [2.24, 2.45) is 0 Å². The van der Waals surface area contributed by atoms with Crippen molar-refractivity contribution in [3.8, 4) is 66.6 Å². The molecule has 0 fully saturated rings. The van der Waals surface area contributed by atoms with E-state index in [2.05, 4.69) is 178 Å². The quantitative estimate of drug-likeness (QED) is 0.181. The van der Waals surface area contributed by atoms with Gasteiger partial charge in [0.25, 0.3) is 0 Å². The molecule has 1 aliphatic carbocycles. The summed E-state index contributed by atoms with van der Waals surface area (Å²) < 4.78 is 1.30. The van der Waals surface area contributed by atoms with Gasteiger partial charge in [-0.15, -0.1) is 11.3 Å². The Bertz CT molecular complexity index is 2780. The highest BCUT2D eigenvalue weighted by molar-refractivity contribution is 7.22. The van der Waals surface area contributed by atoms with Crippen molar-refractivity contribution in [2.45, 2.75) is 19.3 Å². The van der Waals surface area contributed by atoms with Gasteiger partial charge in [0, 0.05) is 31.7 Å². The van der Waals surface area contributed by atoms with Gasteiger partial charge >= 0.3 is 0 Å². The second-order valence-electron chi connectivity index (χ2n) is 14.2. The first-order chi connectivity index (χ1) is 25.5. The van der Waals surface area contributed by atoms with E-state index < -0.39 is 0 Å². The molecule has 2 heterocycles. The summed E-state index contributed by atoms with van der Waals surface area (Å²) in [5, 5.41) is 3.82. The number of nitrogens with zero attached hydrogens (tertiary/aromatic N) is 2. The Hall–Kier alpha value is -6.16. The number of rotatable bonds is 5. The van der Waals surface area contributed by atoms with Gasteiger partial charge in [-0.25, -0.2) is 9.97 Å². The van der Waals surface area contributed by atoms with Gasteiger partial charge in [-0.05, 0) is 85.4 Å². The van der Waals surface area contributed by atoms with Crippen molar-refractivity contribution < 1.29 is 0 Å². The van der Waals surface area contributed by atoms with Crippen LogP contribution in [0.1, 0.15) is 25.0 Å². The molecule has 9 aromatic rings. The number of hydrogen-bond donors (Lipinski definition) is 0. The molecule has 0 N–H and O–H groups in total. The maximum Gasteiger partial charge on any atom is 0.160 e. The van der Waals surface area contributed by atoms with Crippen molar-refractivity contribution in [2.75, 3.05) is 0 Å². The van der Waals surface area contributed by atoms with Crippen molar-refractivity contribution in [3.05, 3.63) is 181 Å². The predicted molar refractivity (Wildman–Crippen MR) is 220 cm³/mol. The zero-order valence-electron chi connectivity index (χ0n) is 29.0. The van der Waals surface area contributed by atoms with Gasteiger partial charge < -0.3 is 0 Å². The fourth-order valence-corrected chi connectivity index (χ4v) is 9.09. The zero-order valence-corrected chi connectivity index (χ0v) is 29.8. The molecule has 0 radical (unpaired) electrons. The molecule has 0 bridgehead atoms. The lowest BCUT2D eigenvalue weighted by Crippen LogP contribution is -2.14. The van der Waals surface area contributed by atoms with Crippen LogP contribution < -0.4 is 0 Å². The van der Waals surface area contributed by atoms with Crippen LogP contribution in [0.5, 0.6) is 0 Å². The molecule has 0 saturated heterocycles. The summed E-state index contributed by atoms with van der Waals surface area (Å²) in [7, 11) is 0. The van der Waals surface area contributed by atoms with Gasteiger partial charge in [0.05, 0.1) is 11.4 Å². The summed E-state index contributed by atoms with van der Waals surface area (Å²) in [5.41, 5.74) is 13.8. The third-order valence-corrected chi connectivity index (χ3v) is 11.9. The molecule has 2 nitrogen and oxygen atoms in total. The fourth-order valence-electron chi connectivity index (χ4n) is 8.02. The minimum absolute atomic E-state index is 0.121. The lowest BCUT2D eigenvalue weighted by atomic mass is 9.81. The highest BCUT2D eigenvalue weighted by Crippen LogP contribution is 2.54. The molecule has 246 valence electrons. The molecule has 0 saturated carbocycles.